The fraction of sp³-hybridized carbons (Fsp3) is 0.588. The maximum Gasteiger partial charge on any atom is 0.331 e. The topological polar surface area (TPSA) is 47.6 Å². The monoisotopic (exact) mass is 291 g/mol. The van der Waals surface area contributed by atoms with Crippen molar-refractivity contribution in [1.29, 1.82) is 0 Å². The van der Waals surface area contributed by atoms with E-state index in [9.17, 15) is 4.79 Å². The van der Waals surface area contributed by atoms with Crippen molar-refractivity contribution >= 4 is 11.7 Å². The third-order valence-corrected chi connectivity index (χ3v) is 4.47. The predicted molar refractivity (Wildman–Crippen MR) is 83.5 cm³/mol. The first kappa shape index (κ1) is 15.7. The molecule has 1 aromatic carbocycles. The van der Waals surface area contributed by atoms with E-state index in [4.69, 9.17) is 9.47 Å². The van der Waals surface area contributed by atoms with E-state index in [2.05, 4.69) is 26.1 Å². The van der Waals surface area contributed by atoms with Gasteiger partial charge >= 0.3 is 5.97 Å². The molecule has 1 aromatic rings. The van der Waals surface area contributed by atoms with Crippen molar-refractivity contribution in [2.24, 2.45) is 11.3 Å². The van der Waals surface area contributed by atoms with Crippen molar-refractivity contribution in [2.75, 3.05) is 19.5 Å². The van der Waals surface area contributed by atoms with Crippen LogP contribution in [0, 0.1) is 11.3 Å². The zero-order valence-electron chi connectivity index (χ0n) is 13.5. The van der Waals surface area contributed by atoms with Gasteiger partial charge in [0.25, 0.3) is 0 Å². The third kappa shape index (κ3) is 2.85. The van der Waals surface area contributed by atoms with Crippen LogP contribution in [0.15, 0.2) is 24.3 Å². The number of carbonyl (C=O) groups excluding carboxylic acids is 1. The molecule has 0 bridgehead atoms. The molecule has 1 aliphatic carbocycles. The van der Waals surface area contributed by atoms with Gasteiger partial charge in [-0.1, -0.05) is 32.9 Å². The lowest BCUT2D eigenvalue weighted by Gasteiger charge is -2.34. The highest BCUT2D eigenvalue weighted by molar-refractivity contribution is 5.86. The summed E-state index contributed by atoms with van der Waals surface area (Å²) >= 11 is 0. The van der Waals surface area contributed by atoms with Gasteiger partial charge in [-0.2, -0.15) is 0 Å². The molecule has 0 spiro atoms. The molecule has 116 valence electrons. The van der Waals surface area contributed by atoms with Crippen LogP contribution in [0.1, 0.15) is 33.6 Å². The molecule has 0 aromatic heterocycles. The van der Waals surface area contributed by atoms with E-state index in [1.165, 1.54) is 7.11 Å². The molecule has 1 fully saturated rings. The van der Waals surface area contributed by atoms with Crippen molar-refractivity contribution in [1.82, 2.24) is 0 Å². The number of esters is 1. The molecule has 1 N–H and O–H groups in total. The summed E-state index contributed by atoms with van der Waals surface area (Å²) in [7, 11) is 3.08. The Bertz CT molecular complexity index is 527. The highest BCUT2D eigenvalue weighted by Gasteiger charge is 2.54. The molecule has 0 aliphatic heterocycles. The van der Waals surface area contributed by atoms with Crippen LogP contribution < -0.4 is 10.1 Å². The summed E-state index contributed by atoms with van der Waals surface area (Å²) in [4.78, 5) is 12.5. The summed E-state index contributed by atoms with van der Waals surface area (Å²) in [5.74, 6) is 0.717. The van der Waals surface area contributed by atoms with Crippen LogP contribution in [0.5, 0.6) is 5.75 Å². The second kappa shape index (κ2) is 5.58. The molecule has 2 atom stereocenters. The molecule has 1 saturated carbocycles. The van der Waals surface area contributed by atoms with Crippen LogP contribution in [0.4, 0.5) is 5.69 Å². The van der Waals surface area contributed by atoms with E-state index in [0.29, 0.717) is 0 Å². The Kier molecular flexibility index (Phi) is 4.17. The molecule has 0 saturated heterocycles. The van der Waals surface area contributed by atoms with Crippen LogP contribution in [-0.2, 0) is 9.53 Å². The minimum Gasteiger partial charge on any atom is -0.495 e. The van der Waals surface area contributed by atoms with E-state index < -0.39 is 5.54 Å². The molecule has 2 unspecified atom stereocenters. The first-order chi connectivity index (χ1) is 9.84. The molecule has 4 heteroatoms. The summed E-state index contributed by atoms with van der Waals surface area (Å²) in [5.41, 5.74) is 0.227. The number of anilines is 1. The van der Waals surface area contributed by atoms with Gasteiger partial charge in [-0.3, -0.25) is 0 Å². The Morgan fingerprint density at radius 1 is 1.29 bits per heavy atom. The van der Waals surface area contributed by atoms with Crippen molar-refractivity contribution in [3.05, 3.63) is 24.3 Å². The SMILES string of the molecule is COC(=O)C1(Nc2ccccc2OC)CC(C)(C)CC1C. The van der Waals surface area contributed by atoms with Gasteiger partial charge in [0.15, 0.2) is 0 Å². The number of benzene rings is 1. The van der Waals surface area contributed by atoms with Crippen molar-refractivity contribution in [3.8, 4) is 5.75 Å². The Labute approximate surface area is 126 Å². The summed E-state index contributed by atoms with van der Waals surface area (Å²) in [5, 5.41) is 3.43. The Hall–Kier alpha value is -1.71. The average molecular weight is 291 g/mol. The first-order valence-electron chi connectivity index (χ1n) is 7.34. The van der Waals surface area contributed by atoms with Crippen molar-refractivity contribution < 1.29 is 14.3 Å². The van der Waals surface area contributed by atoms with Crippen LogP contribution in [0.25, 0.3) is 0 Å². The number of rotatable bonds is 4. The van der Waals surface area contributed by atoms with Gasteiger partial charge in [0.1, 0.15) is 11.3 Å². The van der Waals surface area contributed by atoms with Crippen LogP contribution >= 0.6 is 0 Å². The maximum absolute atomic E-state index is 12.5. The van der Waals surface area contributed by atoms with Gasteiger partial charge in [0, 0.05) is 0 Å². The quantitative estimate of drug-likeness (QED) is 0.863. The first-order valence-corrected chi connectivity index (χ1v) is 7.34. The lowest BCUT2D eigenvalue weighted by molar-refractivity contribution is -0.147. The molecule has 21 heavy (non-hydrogen) atoms. The van der Waals surface area contributed by atoms with E-state index in [1.54, 1.807) is 7.11 Å². The molecular formula is C17H25NO3. The molecule has 0 amide bonds. The number of nitrogens with one attached hydrogen (secondary N) is 1. The predicted octanol–water partition coefficient (Wildman–Crippen LogP) is 3.48. The number of hydrogen-bond donors (Lipinski definition) is 1. The maximum atomic E-state index is 12.5. The molecule has 4 nitrogen and oxygen atoms in total. The fourth-order valence-electron chi connectivity index (χ4n) is 3.67. The average Bonchev–Trinajstić information content (AvgIpc) is 2.68. The van der Waals surface area contributed by atoms with Crippen LogP contribution in [0.3, 0.4) is 0 Å². The minimum atomic E-state index is -0.702. The molecular weight excluding hydrogens is 266 g/mol. The number of methoxy groups -OCH3 is 2. The van der Waals surface area contributed by atoms with Crippen molar-refractivity contribution in [2.45, 2.75) is 39.2 Å². The zero-order chi connectivity index (χ0) is 15.7. The zero-order valence-corrected chi connectivity index (χ0v) is 13.5. The van der Waals surface area contributed by atoms with E-state index in [-0.39, 0.29) is 17.3 Å². The van der Waals surface area contributed by atoms with Crippen LogP contribution in [0.2, 0.25) is 0 Å². The summed E-state index contributed by atoms with van der Waals surface area (Å²) < 4.78 is 10.5. The second-order valence-corrected chi connectivity index (χ2v) is 6.73. The summed E-state index contributed by atoms with van der Waals surface area (Å²) in [6.45, 7) is 6.49. The smallest absolute Gasteiger partial charge is 0.331 e. The Morgan fingerprint density at radius 3 is 2.48 bits per heavy atom. The van der Waals surface area contributed by atoms with Crippen molar-refractivity contribution in [3.63, 3.8) is 0 Å². The molecule has 2 rings (SSSR count). The number of para-hydroxylation sites is 2. The Morgan fingerprint density at radius 2 is 1.95 bits per heavy atom. The number of hydrogen-bond acceptors (Lipinski definition) is 4. The van der Waals surface area contributed by atoms with Gasteiger partial charge in [-0.05, 0) is 36.3 Å². The van der Waals surface area contributed by atoms with E-state index >= 15 is 0 Å². The summed E-state index contributed by atoms with van der Waals surface area (Å²) in [6, 6.07) is 7.66. The molecule has 1 aliphatic rings. The minimum absolute atomic E-state index is 0.0998. The fourth-order valence-corrected chi connectivity index (χ4v) is 3.67. The Balaban J connectivity index is 2.41. The van der Waals surface area contributed by atoms with Crippen LogP contribution in [-0.4, -0.2) is 25.7 Å². The normalized spacial score (nSPS) is 27.2. The lowest BCUT2D eigenvalue weighted by Crippen LogP contribution is -2.50. The van der Waals surface area contributed by atoms with Gasteiger partial charge in [0.2, 0.25) is 0 Å². The number of ether oxygens (including phenoxy) is 2. The van der Waals surface area contributed by atoms with E-state index in [0.717, 1.165) is 24.3 Å². The van der Waals surface area contributed by atoms with Gasteiger partial charge in [-0.15, -0.1) is 0 Å². The van der Waals surface area contributed by atoms with Gasteiger partial charge < -0.3 is 14.8 Å². The standard InChI is InChI=1S/C17H25NO3/c1-12-10-16(2,3)11-17(12,15(19)21-5)18-13-8-6-7-9-14(13)20-4/h6-9,12,18H,10-11H2,1-5H3. The van der Waals surface area contributed by atoms with E-state index in [1.807, 2.05) is 24.3 Å². The third-order valence-electron chi connectivity index (χ3n) is 4.47. The molecule has 0 radical (unpaired) electrons. The van der Waals surface area contributed by atoms with Gasteiger partial charge in [0.05, 0.1) is 19.9 Å². The second-order valence-electron chi connectivity index (χ2n) is 6.73. The highest BCUT2D eigenvalue weighted by atomic mass is 16.5. The largest absolute Gasteiger partial charge is 0.495 e. The van der Waals surface area contributed by atoms with Gasteiger partial charge in [-0.25, -0.2) is 4.79 Å². The summed E-state index contributed by atoms with van der Waals surface area (Å²) in [6.07, 6.45) is 1.72. The molecule has 0 heterocycles. The number of carbonyl (C=O) groups is 1. The lowest BCUT2D eigenvalue weighted by atomic mass is 9.86. The highest BCUT2D eigenvalue weighted by Crippen LogP contribution is 2.50.